The Balaban J connectivity index is 3.26. The van der Waals surface area contributed by atoms with Crippen LogP contribution in [-0.2, 0) is 0 Å². The lowest BCUT2D eigenvalue weighted by Gasteiger charge is -2.05. The summed E-state index contributed by atoms with van der Waals surface area (Å²) in [4.78, 5) is 11.5. The molecule has 0 bridgehead atoms. The second-order valence-electron chi connectivity index (χ2n) is 3.47. The van der Waals surface area contributed by atoms with Gasteiger partial charge in [0.2, 0.25) is 0 Å². The third-order valence-electron chi connectivity index (χ3n) is 2.29. The predicted octanol–water partition coefficient (Wildman–Crippen LogP) is 2.94. The Hall–Kier alpha value is -1.77. The summed E-state index contributed by atoms with van der Waals surface area (Å²) in [6.45, 7) is 5.49. The first kappa shape index (κ1) is 12.3. The van der Waals surface area contributed by atoms with Crippen molar-refractivity contribution in [3.63, 3.8) is 0 Å². The van der Waals surface area contributed by atoms with Gasteiger partial charge in [-0.1, -0.05) is 18.2 Å². The van der Waals surface area contributed by atoms with Gasteiger partial charge in [0.05, 0.1) is 12.7 Å². The lowest BCUT2D eigenvalue weighted by Crippen LogP contribution is -2.06. The second kappa shape index (κ2) is 5.35. The third-order valence-corrected chi connectivity index (χ3v) is 2.29. The predicted molar refractivity (Wildman–Crippen MR) is 64.7 cm³/mol. The molecule has 3 heteroatoms. The Morgan fingerprint density at radius 3 is 2.75 bits per heavy atom. The highest BCUT2D eigenvalue weighted by molar-refractivity contribution is 5.62. The van der Waals surface area contributed by atoms with Crippen molar-refractivity contribution in [1.82, 2.24) is 0 Å². The molecule has 0 aliphatic carbocycles. The fourth-order valence-corrected chi connectivity index (χ4v) is 1.26. The molecule has 0 N–H and O–H groups in total. The Kier molecular flexibility index (Phi) is 4.11. The maximum absolute atomic E-state index is 11.5. The van der Waals surface area contributed by atoms with Gasteiger partial charge in [0.1, 0.15) is 11.5 Å². The smallest absolute Gasteiger partial charge is 0.342 e. The van der Waals surface area contributed by atoms with Crippen molar-refractivity contribution < 1.29 is 9.15 Å². The molecule has 0 aromatic carbocycles. The van der Waals surface area contributed by atoms with Crippen molar-refractivity contribution in [2.45, 2.75) is 20.8 Å². The number of methoxy groups -OCH3 is 1. The van der Waals surface area contributed by atoms with Crippen LogP contribution in [0.4, 0.5) is 0 Å². The molecule has 1 aromatic rings. The van der Waals surface area contributed by atoms with E-state index < -0.39 is 0 Å². The molecule has 0 fully saturated rings. The molecule has 0 atom stereocenters. The molecule has 0 radical (unpaired) electrons. The maximum atomic E-state index is 11.5. The van der Waals surface area contributed by atoms with Crippen LogP contribution in [0, 0.1) is 6.92 Å². The van der Waals surface area contributed by atoms with E-state index in [1.54, 1.807) is 13.0 Å². The molecule has 0 spiro atoms. The van der Waals surface area contributed by atoms with Gasteiger partial charge in [-0.25, -0.2) is 4.79 Å². The average Bonchev–Trinajstić information content (AvgIpc) is 2.29. The quantitative estimate of drug-likeness (QED) is 0.735. The highest BCUT2D eigenvalue weighted by Crippen LogP contribution is 2.20. The van der Waals surface area contributed by atoms with Gasteiger partial charge in [0.15, 0.2) is 0 Å². The molecule has 0 saturated heterocycles. The Labute approximate surface area is 95.1 Å². The fourth-order valence-electron chi connectivity index (χ4n) is 1.26. The first-order valence-electron chi connectivity index (χ1n) is 5.08. The van der Waals surface area contributed by atoms with E-state index in [9.17, 15) is 4.79 Å². The summed E-state index contributed by atoms with van der Waals surface area (Å²) in [6, 6.07) is 1.73. The lowest BCUT2D eigenvalue weighted by atomic mass is 10.1. The lowest BCUT2D eigenvalue weighted by molar-refractivity contribution is 0.395. The number of rotatable bonds is 3. The van der Waals surface area contributed by atoms with Crippen molar-refractivity contribution in [2.75, 3.05) is 7.11 Å². The monoisotopic (exact) mass is 220 g/mol. The molecule has 1 aromatic heterocycles. The molecular formula is C13H16O3. The molecular weight excluding hydrogens is 204 g/mol. The highest BCUT2D eigenvalue weighted by atomic mass is 16.5. The van der Waals surface area contributed by atoms with Gasteiger partial charge in [-0.3, -0.25) is 0 Å². The van der Waals surface area contributed by atoms with Crippen LogP contribution in [0.25, 0.3) is 5.57 Å². The normalized spacial score (nSPS) is 12.1. The molecule has 1 heterocycles. The van der Waals surface area contributed by atoms with Gasteiger partial charge >= 0.3 is 5.63 Å². The van der Waals surface area contributed by atoms with Crippen LogP contribution in [0.2, 0.25) is 0 Å². The first-order chi connectivity index (χ1) is 7.60. The summed E-state index contributed by atoms with van der Waals surface area (Å²) in [5.41, 5.74) is 1.01. The summed E-state index contributed by atoms with van der Waals surface area (Å²) in [5, 5.41) is 0. The SMILES string of the molecule is C/C=C/C=C(\C)c1cc(OC)c(C)c(=O)o1. The van der Waals surface area contributed by atoms with Crippen molar-refractivity contribution in [3.8, 4) is 5.75 Å². The van der Waals surface area contributed by atoms with E-state index in [1.807, 2.05) is 32.1 Å². The van der Waals surface area contributed by atoms with Crippen molar-refractivity contribution in [2.24, 2.45) is 0 Å². The first-order valence-corrected chi connectivity index (χ1v) is 5.08. The van der Waals surface area contributed by atoms with Gasteiger partial charge in [-0.2, -0.15) is 0 Å². The summed E-state index contributed by atoms with van der Waals surface area (Å²) >= 11 is 0. The van der Waals surface area contributed by atoms with E-state index in [1.165, 1.54) is 7.11 Å². The number of allylic oxidation sites excluding steroid dienone is 4. The minimum atomic E-state index is -0.359. The zero-order valence-corrected chi connectivity index (χ0v) is 10.0. The molecule has 16 heavy (non-hydrogen) atoms. The van der Waals surface area contributed by atoms with Crippen LogP contribution in [0.3, 0.4) is 0 Å². The number of ether oxygens (including phenoxy) is 1. The van der Waals surface area contributed by atoms with Crippen LogP contribution < -0.4 is 10.4 Å². The highest BCUT2D eigenvalue weighted by Gasteiger charge is 2.08. The third kappa shape index (κ3) is 2.63. The molecule has 0 unspecified atom stereocenters. The molecule has 86 valence electrons. The van der Waals surface area contributed by atoms with Crippen molar-refractivity contribution in [3.05, 3.63) is 46.0 Å². The van der Waals surface area contributed by atoms with Crippen LogP contribution in [0.1, 0.15) is 25.2 Å². The Bertz CT molecular complexity index is 478. The standard InChI is InChI=1S/C13H16O3/c1-5-6-7-9(2)11-8-12(15-4)10(3)13(14)16-11/h5-8H,1-4H3/b6-5+,9-7+. The zero-order chi connectivity index (χ0) is 12.1. The molecule has 0 aliphatic rings. The number of hydrogen-bond acceptors (Lipinski definition) is 3. The zero-order valence-electron chi connectivity index (χ0n) is 10.0. The van der Waals surface area contributed by atoms with Crippen molar-refractivity contribution >= 4 is 5.57 Å². The van der Waals surface area contributed by atoms with Gasteiger partial charge in [0.25, 0.3) is 0 Å². The fraction of sp³-hybridized carbons (Fsp3) is 0.308. The molecule has 1 rings (SSSR count). The van der Waals surface area contributed by atoms with E-state index in [2.05, 4.69) is 0 Å². The van der Waals surface area contributed by atoms with E-state index in [0.29, 0.717) is 17.1 Å². The summed E-state index contributed by atoms with van der Waals surface area (Å²) in [6.07, 6.45) is 5.68. The average molecular weight is 220 g/mol. The van der Waals surface area contributed by atoms with Gasteiger partial charge in [0, 0.05) is 6.07 Å². The van der Waals surface area contributed by atoms with Crippen molar-refractivity contribution in [1.29, 1.82) is 0 Å². The van der Waals surface area contributed by atoms with E-state index in [0.717, 1.165) is 5.57 Å². The van der Waals surface area contributed by atoms with Gasteiger partial charge in [-0.05, 0) is 26.3 Å². The molecule has 3 nitrogen and oxygen atoms in total. The summed E-state index contributed by atoms with van der Waals surface area (Å²) in [7, 11) is 1.54. The minimum absolute atomic E-state index is 0.359. The Morgan fingerprint density at radius 2 is 2.19 bits per heavy atom. The maximum Gasteiger partial charge on any atom is 0.342 e. The van der Waals surface area contributed by atoms with Crippen LogP contribution >= 0.6 is 0 Å². The summed E-state index contributed by atoms with van der Waals surface area (Å²) in [5.74, 6) is 1.09. The van der Waals surface area contributed by atoms with Gasteiger partial charge < -0.3 is 9.15 Å². The number of hydrogen-bond donors (Lipinski definition) is 0. The van der Waals surface area contributed by atoms with Crippen LogP contribution in [0.15, 0.2) is 33.5 Å². The van der Waals surface area contributed by atoms with E-state index >= 15 is 0 Å². The van der Waals surface area contributed by atoms with Crippen LogP contribution in [-0.4, -0.2) is 7.11 Å². The largest absolute Gasteiger partial charge is 0.496 e. The second-order valence-corrected chi connectivity index (χ2v) is 3.47. The molecule has 0 saturated carbocycles. The van der Waals surface area contributed by atoms with E-state index in [-0.39, 0.29) is 5.63 Å². The summed E-state index contributed by atoms with van der Waals surface area (Å²) < 4.78 is 10.3. The van der Waals surface area contributed by atoms with Crippen LogP contribution in [0.5, 0.6) is 5.75 Å². The Morgan fingerprint density at radius 1 is 1.50 bits per heavy atom. The molecule has 0 aliphatic heterocycles. The minimum Gasteiger partial charge on any atom is -0.496 e. The van der Waals surface area contributed by atoms with Gasteiger partial charge in [-0.15, -0.1) is 0 Å². The van der Waals surface area contributed by atoms with E-state index in [4.69, 9.17) is 9.15 Å². The topological polar surface area (TPSA) is 39.4 Å². The molecule has 0 amide bonds.